The molecule has 0 radical (unpaired) electrons. The molecule has 1 aromatic carbocycles. The molecule has 0 unspecified atom stereocenters. The zero-order valence-corrected chi connectivity index (χ0v) is 10.6. The summed E-state index contributed by atoms with van der Waals surface area (Å²) in [7, 11) is 1.94. The van der Waals surface area contributed by atoms with E-state index in [1.165, 1.54) is 11.1 Å². The first kappa shape index (κ1) is 11.4. The van der Waals surface area contributed by atoms with Gasteiger partial charge in [0, 0.05) is 12.6 Å². The summed E-state index contributed by atoms with van der Waals surface area (Å²) in [6.07, 6.45) is 0. The Hall–Kier alpha value is -2.08. The quantitative estimate of drug-likeness (QED) is 0.748. The fourth-order valence-electron chi connectivity index (χ4n) is 1.90. The van der Waals surface area contributed by atoms with Crippen molar-refractivity contribution >= 4 is 0 Å². The number of imidazole rings is 1. The van der Waals surface area contributed by atoms with E-state index < -0.39 is 0 Å². The molecule has 2 aromatic rings. The van der Waals surface area contributed by atoms with Crippen LogP contribution in [-0.4, -0.2) is 9.55 Å². The lowest BCUT2D eigenvalue weighted by molar-refractivity contribution is 0.881. The van der Waals surface area contributed by atoms with Crippen LogP contribution in [0, 0.1) is 32.1 Å². The topological polar surface area (TPSA) is 41.6 Å². The summed E-state index contributed by atoms with van der Waals surface area (Å²) >= 11 is 0. The van der Waals surface area contributed by atoms with Crippen LogP contribution in [0.15, 0.2) is 18.2 Å². The van der Waals surface area contributed by atoms with Crippen LogP contribution in [0.4, 0.5) is 0 Å². The van der Waals surface area contributed by atoms with E-state index in [4.69, 9.17) is 5.26 Å². The van der Waals surface area contributed by atoms with E-state index in [0.717, 1.165) is 17.1 Å². The summed E-state index contributed by atoms with van der Waals surface area (Å²) in [5.74, 6) is 0.861. The van der Waals surface area contributed by atoms with Crippen molar-refractivity contribution in [2.24, 2.45) is 7.05 Å². The SMILES string of the molecule is Cc1ccc(C)c(-c2nc(C#N)c(C)n2C)c1. The number of rotatable bonds is 1. The van der Waals surface area contributed by atoms with Crippen molar-refractivity contribution in [1.82, 2.24) is 9.55 Å². The van der Waals surface area contributed by atoms with Crippen LogP contribution in [-0.2, 0) is 7.05 Å². The number of aryl methyl sites for hydroxylation is 2. The third-order valence-electron chi connectivity index (χ3n) is 3.12. The molecule has 0 atom stereocenters. The Morgan fingerprint density at radius 3 is 2.53 bits per heavy atom. The van der Waals surface area contributed by atoms with Gasteiger partial charge < -0.3 is 4.57 Å². The van der Waals surface area contributed by atoms with E-state index in [9.17, 15) is 0 Å². The van der Waals surface area contributed by atoms with E-state index in [2.05, 4.69) is 43.1 Å². The van der Waals surface area contributed by atoms with Gasteiger partial charge in [-0.3, -0.25) is 0 Å². The highest BCUT2D eigenvalue weighted by molar-refractivity contribution is 5.63. The Morgan fingerprint density at radius 2 is 1.94 bits per heavy atom. The van der Waals surface area contributed by atoms with Crippen molar-refractivity contribution in [2.45, 2.75) is 20.8 Å². The van der Waals surface area contributed by atoms with Crippen LogP contribution in [0.5, 0.6) is 0 Å². The average molecular weight is 225 g/mol. The minimum Gasteiger partial charge on any atom is -0.330 e. The summed E-state index contributed by atoms with van der Waals surface area (Å²) in [6, 6.07) is 8.40. The largest absolute Gasteiger partial charge is 0.330 e. The highest BCUT2D eigenvalue weighted by atomic mass is 15.1. The second kappa shape index (κ2) is 4.06. The summed E-state index contributed by atoms with van der Waals surface area (Å²) in [6.45, 7) is 6.04. The molecule has 0 fully saturated rings. The standard InChI is InChI=1S/C14H15N3/c1-9-5-6-10(2)12(7-9)14-16-13(8-15)11(3)17(14)4/h5-7H,1-4H3. The molecule has 0 aliphatic rings. The Labute approximate surface area is 101 Å². The Bertz CT molecular complexity index is 615. The number of nitriles is 1. The molecule has 0 aliphatic carbocycles. The van der Waals surface area contributed by atoms with Gasteiger partial charge in [0.25, 0.3) is 0 Å². The average Bonchev–Trinajstić information content (AvgIpc) is 2.59. The molecule has 86 valence electrons. The molecular formula is C14H15N3. The van der Waals surface area contributed by atoms with Gasteiger partial charge in [-0.1, -0.05) is 17.7 Å². The maximum atomic E-state index is 9.00. The predicted molar refractivity (Wildman–Crippen MR) is 67.6 cm³/mol. The molecule has 17 heavy (non-hydrogen) atoms. The highest BCUT2D eigenvalue weighted by Gasteiger charge is 2.13. The zero-order chi connectivity index (χ0) is 12.6. The van der Waals surface area contributed by atoms with Crippen LogP contribution in [0.1, 0.15) is 22.5 Å². The maximum absolute atomic E-state index is 9.00. The van der Waals surface area contributed by atoms with Crippen molar-refractivity contribution in [1.29, 1.82) is 5.26 Å². The number of hydrogen-bond donors (Lipinski definition) is 0. The fourth-order valence-corrected chi connectivity index (χ4v) is 1.90. The molecule has 3 heteroatoms. The van der Waals surface area contributed by atoms with Crippen LogP contribution >= 0.6 is 0 Å². The van der Waals surface area contributed by atoms with Gasteiger partial charge in [0.1, 0.15) is 11.9 Å². The Kier molecular flexibility index (Phi) is 2.72. The smallest absolute Gasteiger partial charge is 0.162 e. The summed E-state index contributed by atoms with van der Waals surface area (Å²) < 4.78 is 1.97. The monoisotopic (exact) mass is 225 g/mol. The number of hydrogen-bond acceptors (Lipinski definition) is 2. The summed E-state index contributed by atoms with van der Waals surface area (Å²) in [4.78, 5) is 4.40. The van der Waals surface area contributed by atoms with Gasteiger partial charge in [0.2, 0.25) is 0 Å². The first-order valence-corrected chi connectivity index (χ1v) is 5.55. The fraction of sp³-hybridized carbons (Fsp3) is 0.286. The van der Waals surface area contributed by atoms with Crippen molar-refractivity contribution in [2.75, 3.05) is 0 Å². The number of benzene rings is 1. The van der Waals surface area contributed by atoms with Crippen molar-refractivity contribution in [3.8, 4) is 17.5 Å². The van der Waals surface area contributed by atoms with E-state index in [1.807, 2.05) is 18.5 Å². The lowest BCUT2D eigenvalue weighted by atomic mass is 10.1. The van der Waals surface area contributed by atoms with Gasteiger partial charge in [-0.15, -0.1) is 0 Å². The Balaban J connectivity index is 2.69. The van der Waals surface area contributed by atoms with E-state index >= 15 is 0 Å². The normalized spacial score (nSPS) is 10.3. The van der Waals surface area contributed by atoms with Crippen molar-refractivity contribution in [3.05, 3.63) is 40.7 Å². The molecule has 0 spiro atoms. The van der Waals surface area contributed by atoms with Crippen LogP contribution in [0.3, 0.4) is 0 Å². The molecule has 0 saturated heterocycles. The lowest BCUT2D eigenvalue weighted by Gasteiger charge is -2.07. The van der Waals surface area contributed by atoms with Crippen LogP contribution in [0.2, 0.25) is 0 Å². The zero-order valence-electron chi connectivity index (χ0n) is 10.6. The second-order valence-corrected chi connectivity index (χ2v) is 4.36. The molecule has 0 amide bonds. The third-order valence-corrected chi connectivity index (χ3v) is 3.12. The minimum absolute atomic E-state index is 0.503. The van der Waals surface area contributed by atoms with Gasteiger partial charge in [0.05, 0.1) is 5.69 Å². The van der Waals surface area contributed by atoms with Gasteiger partial charge >= 0.3 is 0 Å². The first-order chi connectivity index (χ1) is 8.04. The van der Waals surface area contributed by atoms with Crippen molar-refractivity contribution < 1.29 is 0 Å². The van der Waals surface area contributed by atoms with Gasteiger partial charge in [-0.05, 0) is 32.4 Å². The molecular weight excluding hydrogens is 210 g/mol. The minimum atomic E-state index is 0.503. The maximum Gasteiger partial charge on any atom is 0.162 e. The van der Waals surface area contributed by atoms with Crippen LogP contribution in [0.25, 0.3) is 11.4 Å². The molecule has 0 bridgehead atoms. The van der Waals surface area contributed by atoms with Gasteiger partial charge in [-0.25, -0.2) is 4.98 Å². The molecule has 0 N–H and O–H groups in total. The second-order valence-electron chi connectivity index (χ2n) is 4.36. The third kappa shape index (κ3) is 1.83. The molecule has 3 nitrogen and oxygen atoms in total. The molecule has 0 saturated carbocycles. The molecule has 0 aliphatic heterocycles. The molecule has 1 aromatic heterocycles. The van der Waals surface area contributed by atoms with Crippen molar-refractivity contribution in [3.63, 3.8) is 0 Å². The van der Waals surface area contributed by atoms with E-state index in [0.29, 0.717) is 5.69 Å². The number of aromatic nitrogens is 2. The summed E-state index contributed by atoms with van der Waals surface area (Å²) in [5.41, 5.74) is 4.88. The van der Waals surface area contributed by atoms with Gasteiger partial charge in [-0.2, -0.15) is 5.26 Å². The predicted octanol–water partition coefficient (Wildman–Crippen LogP) is 2.88. The molecule has 1 heterocycles. The highest BCUT2D eigenvalue weighted by Crippen LogP contribution is 2.25. The van der Waals surface area contributed by atoms with Gasteiger partial charge in [0.15, 0.2) is 5.69 Å². The van der Waals surface area contributed by atoms with Crippen LogP contribution < -0.4 is 0 Å². The molecule has 2 rings (SSSR count). The van der Waals surface area contributed by atoms with E-state index in [-0.39, 0.29) is 0 Å². The first-order valence-electron chi connectivity index (χ1n) is 5.55. The Morgan fingerprint density at radius 1 is 1.24 bits per heavy atom. The lowest BCUT2D eigenvalue weighted by Crippen LogP contribution is -1.96. The number of nitrogens with zero attached hydrogens (tertiary/aromatic N) is 3. The summed E-state index contributed by atoms with van der Waals surface area (Å²) in [5, 5.41) is 9.00. The van der Waals surface area contributed by atoms with E-state index in [1.54, 1.807) is 0 Å².